The lowest BCUT2D eigenvalue weighted by atomic mass is 9.65. The number of rotatable bonds is 3. The van der Waals surface area contributed by atoms with Gasteiger partial charge in [0.2, 0.25) is 11.6 Å². The molecule has 1 saturated heterocycles. The summed E-state index contributed by atoms with van der Waals surface area (Å²) < 4.78 is 5.44. The zero-order chi connectivity index (χ0) is 22.1. The lowest BCUT2D eigenvalue weighted by molar-refractivity contribution is -0.149. The van der Waals surface area contributed by atoms with Crippen molar-refractivity contribution >= 4 is 29.2 Å². The number of ether oxygens (including phenoxy) is 1. The van der Waals surface area contributed by atoms with Gasteiger partial charge in [0.1, 0.15) is 22.8 Å². The Morgan fingerprint density at radius 3 is 2.40 bits per heavy atom. The Hall–Kier alpha value is -3.95. The van der Waals surface area contributed by atoms with Gasteiger partial charge in [0, 0.05) is 17.1 Å². The molecule has 10 heteroatoms. The van der Waals surface area contributed by atoms with Crippen molar-refractivity contribution in [2.24, 2.45) is 17.6 Å². The van der Waals surface area contributed by atoms with E-state index in [1.54, 1.807) is 0 Å². The van der Waals surface area contributed by atoms with Gasteiger partial charge in [-0.15, -0.1) is 0 Å². The molecule has 3 atom stereocenters. The van der Waals surface area contributed by atoms with Crippen molar-refractivity contribution in [3.05, 3.63) is 52.0 Å². The topological polar surface area (TPSA) is 181 Å². The summed E-state index contributed by atoms with van der Waals surface area (Å²) in [6.07, 6.45) is -0.486. The van der Waals surface area contributed by atoms with Crippen LogP contribution in [-0.2, 0) is 29.5 Å². The molecular formula is C20H15NO9. The fourth-order valence-corrected chi connectivity index (χ4v) is 4.42. The number of esters is 1. The molecule has 3 aliphatic rings. The summed E-state index contributed by atoms with van der Waals surface area (Å²) in [4.78, 5) is 61.5. The van der Waals surface area contributed by atoms with Crippen LogP contribution in [0.2, 0.25) is 0 Å². The first kappa shape index (κ1) is 19.4. The molecule has 2 aliphatic carbocycles. The zero-order valence-corrected chi connectivity index (χ0v) is 15.5. The third kappa shape index (κ3) is 2.27. The van der Waals surface area contributed by atoms with Crippen molar-refractivity contribution in [1.29, 1.82) is 0 Å². The number of hydrogen-bond donors (Lipinski definition) is 4. The molecule has 1 aromatic rings. The number of nitrogens with two attached hydrogens (primary N) is 1. The monoisotopic (exact) mass is 413 g/mol. The van der Waals surface area contributed by atoms with Crippen LogP contribution in [0, 0.1) is 11.8 Å². The molecule has 2 bridgehead atoms. The molecule has 4 rings (SSSR count). The van der Waals surface area contributed by atoms with Crippen LogP contribution in [0.25, 0.3) is 0 Å². The zero-order valence-electron chi connectivity index (χ0n) is 15.5. The lowest BCUT2D eigenvalue weighted by Gasteiger charge is -2.36. The maximum atomic E-state index is 12.9. The van der Waals surface area contributed by atoms with E-state index in [2.05, 4.69) is 0 Å². The summed E-state index contributed by atoms with van der Waals surface area (Å²) >= 11 is 0. The number of aromatic hydroxyl groups is 1. The van der Waals surface area contributed by atoms with Crippen molar-refractivity contribution in [1.82, 2.24) is 0 Å². The van der Waals surface area contributed by atoms with E-state index in [-0.39, 0.29) is 16.9 Å². The van der Waals surface area contributed by atoms with Crippen LogP contribution in [0.1, 0.15) is 29.3 Å². The molecule has 1 unspecified atom stereocenters. The van der Waals surface area contributed by atoms with E-state index in [0.717, 1.165) is 0 Å². The minimum atomic E-state index is -1.45. The molecule has 30 heavy (non-hydrogen) atoms. The number of benzene rings is 1. The third-order valence-corrected chi connectivity index (χ3v) is 5.91. The van der Waals surface area contributed by atoms with Crippen molar-refractivity contribution in [3.8, 4) is 5.75 Å². The van der Waals surface area contributed by atoms with Gasteiger partial charge in [-0.1, -0.05) is 12.1 Å². The molecule has 1 aliphatic heterocycles. The maximum Gasteiger partial charge on any atom is 0.318 e. The Morgan fingerprint density at radius 1 is 1.10 bits per heavy atom. The van der Waals surface area contributed by atoms with Gasteiger partial charge in [0.15, 0.2) is 17.3 Å². The Balaban J connectivity index is 1.83. The molecule has 154 valence electrons. The van der Waals surface area contributed by atoms with E-state index in [1.165, 1.54) is 25.1 Å². The van der Waals surface area contributed by atoms with Crippen LogP contribution < -0.4 is 5.73 Å². The number of carbonyl (C=O) groups is 5. The van der Waals surface area contributed by atoms with E-state index in [0.29, 0.717) is 0 Å². The SMILES string of the molecule is C[C@@]12OC(=O)[C@@H](C(=O)c3c(O)cccc31)C2CC1=C(O)C(=O)C(C(N)=O)=C(O)C1=O. The summed E-state index contributed by atoms with van der Waals surface area (Å²) in [6.45, 7) is 1.48. The van der Waals surface area contributed by atoms with E-state index in [4.69, 9.17) is 10.5 Å². The number of amides is 1. The van der Waals surface area contributed by atoms with Crippen LogP contribution >= 0.6 is 0 Å². The first-order valence-corrected chi connectivity index (χ1v) is 8.84. The second-order valence-electron chi connectivity index (χ2n) is 7.45. The number of aliphatic hydroxyl groups is 2. The Morgan fingerprint density at radius 2 is 1.77 bits per heavy atom. The van der Waals surface area contributed by atoms with E-state index >= 15 is 0 Å². The van der Waals surface area contributed by atoms with Crippen LogP contribution in [0.5, 0.6) is 5.75 Å². The van der Waals surface area contributed by atoms with Crippen molar-refractivity contribution in [3.63, 3.8) is 0 Å². The summed E-state index contributed by atoms with van der Waals surface area (Å²) in [5.74, 6) is -10.6. The number of aliphatic hydroxyl groups excluding tert-OH is 2. The van der Waals surface area contributed by atoms with Crippen LogP contribution in [0.15, 0.2) is 40.9 Å². The van der Waals surface area contributed by atoms with Crippen LogP contribution in [-0.4, -0.2) is 44.5 Å². The number of ketones is 3. The number of fused-ring (bicyclic) bond motifs is 4. The smallest absolute Gasteiger partial charge is 0.318 e. The molecule has 5 N–H and O–H groups in total. The second-order valence-corrected chi connectivity index (χ2v) is 7.45. The van der Waals surface area contributed by atoms with Gasteiger partial charge in [-0.05, 0) is 19.4 Å². The minimum Gasteiger partial charge on any atom is -0.507 e. The fraction of sp³-hybridized carbons (Fsp3) is 0.250. The molecule has 0 radical (unpaired) electrons. The highest BCUT2D eigenvalue weighted by molar-refractivity contribution is 6.33. The average Bonchev–Trinajstić information content (AvgIpc) is 2.88. The standard InChI is InChI=1S/C20H15NO9/c1-20-7-3-2-4-9(22)10(7)15(25)11(19(29)30-20)8(20)5-6-13(23)16(26)12(18(21)28)17(27)14(6)24/h2-4,8,11,22-23,27H,5H2,1H3,(H2,21,28)/t8?,11-,20-/m1/s1. The molecule has 1 heterocycles. The number of Topliss-reactive ketones (excluding diaryl/α,β-unsaturated/α-hetero) is 3. The van der Waals surface area contributed by atoms with Gasteiger partial charge >= 0.3 is 5.97 Å². The molecule has 0 aromatic heterocycles. The first-order valence-electron chi connectivity index (χ1n) is 8.84. The normalized spacial score (nSPS) is 28.0. The van der Waals surface area contributed by atoms with Gasteiger partial charge in [-0.2, -0.15) is 0 Å². The first-order chi connectivity index (χ1) is 14.0. The Labute approximate surface area is 168 Å². The molecule has 1 fully saturated rings. The summed E-state index contributed by atoms with van der Waals surface area (Å²) in [5, 5.41) is 30.3. The van der Waals surface area contributed by atoms with Crippen LogP contribution in [0.4, 0.5) is 0 Å². The number of primary amides is 1. The summed E-state index contributed by atoms with van der Waals surface area (Å²) in [7, 11) is 0. The van der Waals surface area contributed by atoms with E-state index in [1.807, 2.05) is 0 Å². The minimum absolute atomic E-state index is 0.0740. The maximum absolute atomic E-state index is 12.9. The largest absolute Gasteiger partial charge is 0.507 e. The Bertz CT molecular complexity index is 1160. The third-order valence-electron chi connectivity index (χ3n) is 5.91. The predicted octanol–water partition coefficient (Wildman–Crippen LogP) is 0.244. The average molecular weight is 413 g/mol. The van der Waals surface area contributed by atoms with Gasteiger partial charge < -0.3 is 25.8 Å². The van der Waals surface area contributed by atoms with Gasteiger partial charge in [0.25, 0.3) is 5.91 Å². The highest BCUT2D eigenvalue weighted by Gasteiger charge is 2.62. The molecule has 1 amide bonds. The highest BCUT2D eigenvalue weighted by atomic mass is 16.6. The number of phenolic OH excluding ortho intramolecular Hbond substituents is 1. The molecule has 10 nitrogen and oxygen atoms in total. The van der Waals surface area contributed by atoms with Gasteiger partial charge in [-0.3, -0.25) is 24.0 Å². The number of hydrogen-bond acceptors (Lipinski definition) is 9. The molecule has 1 aromatic carbocycles. The number of allylic oxidation sites excluding steroid dienone is 2. The van der Waals surface area contributed by atoms with Crippen LogP contribution in [0.3, 0.4) is 0 Å². The van der Waals surface area contributed by atoms with Gasteiger partial charge in [0.05, 0.1) is 5.56 Å². The predicted molar refractivity (Wildman–Crippen MR) is 96.0 cm³/mol. The lowest BCUT2D eigenvalue weighted by Crippen LogP contribution is -2.41. The van der Waals surface area contributed by atoms with Crippen molar-refractivity contribution in [2.45, 2.75) is 18.9 Å². The highest BCUT2D eigenvalue weighted by Crippen LogP contribution is 2.55. The molecular weight excluding hydrogens is 398 g/mol. The Kier molecular flexibility index (Phi) is 3.89. The fourth-order valence-electron chi connectivity index (χ4n) is 4.42. The molecule has 0 saturated carbocycles. The van der Waals surface area contributed by atoms with Crippen molar-refractivity contribution < 1.29 is 44.0 Å². The van der Waals surface area contributed by atoms with E-state index < -0.39 is 75.7 Å². The van der Waals surface area contributed by atoms with E-state index in [9.17, 15) is 39.3 Å². The van der Waals surface area contributed by atoms with Crippen molar-refractivity contribution in [2.75, 3.05) is 0 Å². The second kappa shape index (κ2) is 6.02. The summed E-state index contributed by atoms with van der Waals surface area (Å²) in [6, 6.07) is 4.23. The quantitative estimate of drug-likeness (QED) is 0.233. The number of phenols is 1. The number of carbonyl (C=O) groups excluding carboxylic acids is 5. The molecule has 0 spiro atoms. The summed E-state index contributed by atoms with van der Waals surface area (Å²) in [5.41, 5.74) is 2.06. The van der Waals surface area contributed by atoms with Gasteiger partial charge in [-0.25, -0.2) is 0 Å².